The van der Waals surface area contributed by atoms with Crippen LogP contribution in [-0.4, -0.2) is 41.9 Å². The molecule has 9 heteroatoms. The van der Waals surface area contributed by atoms with Gasteiger partial charge >= 0.3 is 6.09 Å². The van der Waals surface area contributed by atoms with E-state index in [2.05, 4.69) is 10.6 Å². The number of furan rings is 1. The van der Waals surface area contributed by atoms with Crippen LogP contribution in [0.2, 0.25) is 0 Å². The third kappa shape index (κ3) is 10.1. The number of amides is 2. The van der Waals surface area contributed by atoms with Gasteiger partial charge in [0.05, 0.1) is 29.9 Å². The molecular weight excluding hydrogens is 492 g/mol. The van der Waals surface area contributed by atoms with Crippen LogP contribution in [0.4, 0.5) is 4.79 Å². The summed E-state index contributed by atoms with van der Waals surface area (Å²) in [7, 11) is 0. The first-order chi connectivity index (χ1) is 17.9. The van der Waals surface area contributed by atoms with Crippen molar-refractivity contribution in [3.8, 4) is 0 Å². The lowest BCUT2D eigenvalue weighted by molar-refractivity contribution is -0.140. The van der Waals surface area contributed by atoms with Gasteiger partial charge in [-0.1, -0.05) is 60.7 Å². The maximum absolute atomic E-state index is 13.2. The van der Waals surface area contributed by atoms with Crippen LogP contribution < -0.4 is 10.6 Å². The quantitative estimate of drug-likeness (QED) is 0.299. The zero-order valence-electron chi connectivity index (χ0n) is 20.9. The second kappa shape index (κ2) is 14.9. The third-order valence-corrected chi connectivity index (χ3v) is 6.14. The molecular formula is C28H32N2O6S. The number of hydrogen-bond acceptors (Lipinski definition) is 7. The van der Waals surface area contributed by atoms with Crippen molar-refractivity contribution < 1.29 is 28.3 Å². The Kier molecular flexibility index (Phi) is 11.3. The van der Waals surface area contributed by atoms with Crippen molar-refractivity contribution >= 4 is 29.5 Å². The number of benzene rings is 2. The van der Waals surface area contributed by atoms with E-state index in [1.807, 2.05) is 66.7 Å². The first kappa shape index (κ1) is 28.0. The molecule has 196 valence electrons. The second-order valence-corrected chi connectivity index (χ2v) is 9.55. The Labute approximate surface area is 221 Å². The minimum Gasteiger partial charge on any atom is -0.468 e. The molecule has 0 aliphatic rings. The molecule has 2 aromatic carbocycles. The smallest absolute Gasteiger partial charge is 0.409 e. The number of alkyl carbamates (subject to hydrolysis) is 1. The van der Waals surface area contributed by atoms with Crippen LogP contribution in [0, 0.1) is 0 Å². The minimum absolute atomic E-state index is 0.0463. The molecule has 2 amide bonds. The van der Waals surface area contributed by atoms with E-state index in [-0.39, 0.29) is 24.2 Å². The molecule has 0 aliphatic carbocycles. The Hall–Kier alpha value is -3.56. The van der Waals surface area contributed by atoms with Gasteiger partial charge in [0, 0.05) is 0 Å². The molecule has 0 radical (unpaired) electrons. The molecule has 3 aromatic rings. The number of ether oxygens (including phenoxy) is 2. The van der Waals surface area contributed by atoms with Crippen LogP contribution in [0.1, 0.15) is 30.7 Å². The first-order valence-electron chi connectivity index (χ1n) is 12.0. The first-order valence-corrected chi connectivity index (χ1v) is 13.2. The fourth-order valence-corrected chi connectivity index (χ4v) is 4.27. The Morgan fingerprint density at radius 1 is 0.892 bits per heavy atom. The fraction of sp³-hybridized carbons (Fsp3) is 0.321. The van der Waals surface area contributed by atoms with Crippen LogP contribution in [0.15, 0.2) is 83.5 Å². The Balaban J connectivity index is 1.63. The van der Waals surface area contributed by atoms with E-state index in [1.54, 1.807) is 26.2 Å². The highest BCUT2D eigenvalue weighted by Crippen LogP contribution is 2.14. The summed E-state index contributed by atoms with van der Waals surface area (Å²) in [5.74, 6) is 0.712. The zero-order valence-corrected chi connectivity index (χ0v) is 21.7. The molecule has 2 atom stereocenters. The maximum Gasteiger partial charge on any atom is 0.409 e. The van der Waals surface area contributed by atoms with Crippen molar-refractivity contribution in [2.24, 2.45) is 0 Å². The summed E-state index contributed by atoms with van der Waals surface area (Å²) in [4.78, 5) is 38.7. The monoisotopic (exact) mass is 524 g/mol. The Bertz CT molecular complexity index is 1110. The summed E-state index contributed by atoms with van der Waals surface area (Å²) in [6.45, 7) is 3.54. The molecule has 0 aliphatic heterocycles. The van der Waals surface area contributed by atoms with Gasteiger partial charge in [0.25, 0.3) is 5.91 Å². The largest absolute Gasteiger partial charge is 0.468 e. The summed E-state index contributed by atoms with van der Waals surface area (Å²) in [5.41, 5.74) is 1.71. The third-order valence-electron chi connectivity index (χ3n) is 5.16. The van der Waals surface area contributed by atoms with Gasteiger partial charge < -0.3 is 19.2 Å². The normalized spacial score (nSPS) is 12.5. The number of carbonyl (C=O) groups is 3. The van der Waals surface area contributed by atoms with Crippen molar-refractivity contribution in [3.63, 3.8) is 0 Å². The van der Waals surface area contributed by atoms with Crippen molar-refractivity contribution in [2.75, 3.05) is 5.75 Å². The van der Waals surface area contributed by atoms with E-state index < -0.39 is 24.3 Å². The van der Waals surface area contributed by atoms with Crippen LogP contribution in [0.5, 0.6) is 0 Å². The van der Waals surface area contributed by atoms with E-state index in [0.717, 1.165) is 16.9 Å². The highest BCUT2D eigenvalue weighted by atomic mass is 32.2. The summed E-state index contributed by atoms with van der Waals surface area (Å²) < 4.78 is 16.2. The molecule has 0 fully saturated rings. The number of rotatable bonds is 14. The number of ketones is 1. The molecule has 1 aromatic heterocycles. The number of thioether (sulfide) groups is 1. The Morgan fingerprint density at radius 2 is 1.57 bits per heavy atom. The Morgan fingerprint density at radius 3 is 2.19 bits per heavy atom. The average Bonchev–Trinajstić information content (AvgIpc) is 3.41. The minimum atomic E-state index is -1.33. The predicted octanol–water partition coefficient (Wildman–Crippen LogP) is 4.49. The van der Waals surface area contributed by atoms with Gasteiger partial charge in [0.2, 0.25) is 6.23 Å². The van der Waals surface area contributed by atoms with Gasteiger partial charge in [0.1, 0.15) is 12.4 Å². The summed E-state index contributed by atoms with van der Waals surface area (Å²) >= 11 is 1.40. The lowest BCUT2D eigenvalue weighted by atomic mass is 10.0. The topological polar surface area (TPSA) is 107 Å². The molecule has 0 saturated carbocycles. The van der Waals surface area contributed by atoms with E-state index in [4.69, 9.17) is 13.9 Å². The van der Waals surface area contributed by atoms with Gasteiger partial charge in [-0.2, -0.15) is 0 Å². The number of Topliss-reactive ketones (excluding diaryl/α,β-unsaturated/α-hetero) is 1. The van der Waals surface area contributed by atoms with E-state index >= 15 is 0 Å². The zero-order chi connectivity index (χ0) is 26.5. The van der Waals surface area contributed by atoms with Crippen LogP contribution in [-0.2, 0) is 37.8 Å². The summed E-state index contributed by atoms with van der Waals surface area (Å²) in [6.07, 6.45) is -0.602. The van der Waals surface area contributed by atoms with Gasteiger partial charge in [0.15, 0.2) is 5.78 Å². The molecule has 0 saturated heterocycles. The lowest BCUT2D eigenvalue weighted by Gasteiger charge is -2.24. The second-order valence-electron chi connectivity index (χ2n) is 8.56. The van der Waals surface area contributed by atoms with E-state index in [1.165, 1.54) is 11.8 Å². The number of hydrogen-bond donors (Lipinski definition) is 2. The highest BCUT2D eigenvalue weighted by molar-refractivity contribution is 7.99. The molecule has 3 rings (SSSR count). The molecule has 37 heavy (non-hydrogen) atoms. The van der Waals surface area contributed by atoms with Crippen molar-refractivity contribution in [3.05, 3.63) is 95.9 Å². The standard InChI is InChI=1S/C28H32N2O6S/c1-20(2)36-27(30-28(33)35-17-22-12-7-4-8-13-22)26(32)29-24(16-21-10-5-3-6-11-21)25(31)19-37-18-23-14-9-15-34-23/h3-15,20,24,27H,16-19H2,1-2H3,(H,29,32)(H,30,33)/t24-,27?/m0/s1. The van der Waals surface area contributed by atoms with Crippen LogP contribution >= 0.6 is 11.8 Å². The number of nitrogens with one attached hydrogen (secondary N) is 2. The average molecular weight is 525 g/mol. The van der Waals surface area contributed by atoms with E-state index in [9.17, 15) is 14.4 Å². The van der Waals surface area contributed by atoms with Gasteiger partial charge in [-0.15, -0.1) is 11.8 Å². The van der Waals surface area contributed by atoms with Crippen molar-refractivity contribution in [1.82, 2.24) is 10.6 Å². The molecule has 0 bridgehead atoms. The predicted molar refractivity (Wildman–Crippen MR) is 142 cm³/mol. The maximum atomic E-state index is 13.2. The molecule has 8 nitrogen and oxygen atoms in total. The number of carbonyl (C=O) groups excluding carboxylic acids is 3. The molecule has 1 heterocycles. The summed E-state index contributed by atoms with van der Waals surface area (Å²) in [6, 6.07) is 21.4. The SMILES string of the molecule is CC(C)OC(NC(=O)OCc1ccccc1)C(=O)N[C@@H](Cc1ccccc1)C(=O)CSCc1ccco1. The van der Waals surface area contributed by atoms with Gasteiger partial charge in [-0.25, -0.2) is 4.79 Å². The van der Waals surface area contributed by atoms with Gasteiger partial charge in [-0.3, -0.25) is 14.9 Å². The summed E-state index contributed by atoms with van der Waals surface area (Å²) in [5, 5.41) is 5.24. The molecule has 2 N–H and O–H groups in total. The lowest BCUT2D eigenvalue weighted by Crippen LogP contribution is -2.54. The van der Waals surface area contributed by atoms with Crippen LogP contribution in [0.25, 0.3) is 0 Å². The fourth-order valence-electron chi connectivity index (χ4n) is 3.40. The van der Waals surface area contributed by atoms with Gasteiger partial charge in [-0.05, 0) is 43.5 Å². The molecule has 1 unspecified atom stereocenters. The highest BCUT2D eigenvalue weighted by Gasteiger charge is 2.28. The molecule has 0 spiro atoms. The van der Waals surface area contributed by atoms with Crippen LogP contribution in [0.3, 0.4) is 0 Å². The van der Waals surface area contributed by atoms with E-state index in [0.29, 0.717) is 12.2 Å². The van der Waals surface area contributed by atoms with Crippen molar-refractivity contribution in [2.45, 2.75) is 51.0 Å². The van der Waals surface area contributed by atoms with Crippen molar-refractivity contribution in [1.29, 1.82) is 0 Å².